The second-order valence-electron chi connectivity index (χ2n) is 8.12. The maximum atomic E-state index is 11.2. The van der Waals surface area contributed by atoms with E-state index < -0.39 is 11.6 Å². The summed E-state index contributed by atoms with van der Waals surface area (Å²) < 4.78 is 5.79. The minimum Gasteiger partial charge on any atom is -0.462 e. The number of piperidine rings is 1. The number of ether oxygens (including phenoxy) is 1. The summed E-state index contributed by atoms with van der Waals surface area (Å²) in [6.45, 7) is 5.95. The molecule has 29 heavy (non-hydrogen) atoms. The lowest BCUT2D eigenvalue weighted by atomic mass is 9.83. The smallest absolute Gasteiger partial charge is 0.248 e. The number of hydrogen-bond donors (Lipinski definition) is 2. The Morgan fingerprint density at radius 3 is 2.41 bits per heavy atom. The number of likely N-dealkylation sites (tertiary alicyclic amines) is 1. The maximum Gasteiger partial charge on any atom is 0.248 e. The number of amides is 1. The van der Waals surface area contributed by atoms with Crippen LogP contribution in [0.1, 0.15) is 55.8 Å². The lowest BCUT2D eigenvalue weighted by molar-refractivity contribution is 0.1000. The summed E-state index contributed by atoms with van der Waals surface area (Å²) in [5.41, 5.74) is 5.14. The highest BCUT2D eigenvalue weighted by atomic mass is 35.5. The van der Waals surface area contributed by atoms with Crippen LogP contribution in [0.3, 0.4) is 0 Å². The average molecular weight is 467 g/mol. The van der Waals surface area contributed by atoms with Crippen LogP contribution in [-0.4, -0.2) is 42.2 Å². The number of rotatable bonds is 7. The zero-order valence-electron chi connectivity index (χ0n) is 17.0. The molecule has 1 heterocycles. The van der Waals surface area contributed by atoms with Crippen LogP contribution in [0.2, 0.25) is 0 Å². The fraction of sp³-hybridized carbons (Fsp3) is 0.667. The van der Waals surface area contributed by atoms with Crippen LogP contribution in [-0.2, 0) is 0 Å². The Bertz CT molecular complexity index is 610. The van der Waals surface area contributed by atoms with E-state index in [1.165, 1.54) is 45.2 Å². The van der Waals surface area contributed by atoms with E-state index >= 15 is 0 Å². The molecule has 1 aliphatic heterocycles. The number of primary amides is 1. The number of halogens is 3. The Hall–Kier alpha value is -0.720. The number of hydrogen-bond acceptors (Lipinski definition) is 4. The Kier molecular flexibility index (Phi) is 11.7. The number of carbonyl (C=O) groups excluding carboxylic acids is 1. The van der Waals surface area contributed by atoms with Crippen molar-refractivity contribution in [1.29, 1.82) is 0 Å². The van der Waals surface area contributed by atoms with E-state index in [-0.39, 0.29) is 24.8 Å². The van der Waals surface area contributed by atoms with Crippen molar-refractivity contribution in [2.24, 2.45) is 17.6 Å². The summed E-state index contributed by atoms with van der Waals surface area (Å²) in [4.78, 5) is 13.8. The molecule has 1 saturated carbocycles. The Morgan fingerprint density at radius 2 is 1.79 bits per heavy atom. The number of benzene rings is 1. The third kappa shape index (κ3) is 8.14. The largest absolute Gasteiger partial charge is 0.462 e. The van der Waals surface area contributed by atoms with Crippen LogP contribution < -0.4 is 15.8 Å². The molecule has 1 saturated heterocycles. The Morgan fingerprint density at radius 1 is 1.17 bits per heavy atom. The van der Waals surface area contributed by atoms with Crippen LogP contribution in [0.25, 0.3) is 0 Å². The zero-order chi connectivity index (χ0) is 19.2. The zero-order valence-corrected chi connectivity index (χ0v) is 19.4. The van der Waals surface area contributed by atoms with Gasteiger partial charge < -0.3 is 15.4 Å². The van der Waals surface area contributed by atoms with Crippen molar-refractivity contribution >= 4 is 42.3 Å². The van der Waals surface area contributed by atoms with Gasteiger partial charge in [-0.1, -0.05) is 31.4 Å². The molecular weight excluding hydrogens is 433 g/mol. The maximum absolute atomic E-state index is 11.2. The summed E-state index contributed by atoms with van der Waals surface area (Å²) in [6, 6.07) is 7.14. The van der Waals surface area contributed by atoms with Crippen LogP contribution in [0.15, 0.2) is 24.3 Å². The SMILES string of the molecule is CC1CCN(CC2CCCCC2NC(Cl)Oc2ccc(C(N)=O)cc2)CC1.Cl.Cl. The van der Waals surface area contributed by atoms with Crippen molar-refractivity contribution in [3.05, 3.63) is 29.8 Å². The van der Waals surface area contributed by atoms with Crippen LogP contribution in [0.4, 0.5) is 0 Å². The normalized spacial score (nSPS) is 24.1. The van der Waals surface area contributed by atoms with E-state index in [1.807, 2.05) is 0 Å². The molecule has 0 spiro atoms. The highest BCUT2D eigenvalue weighted by Crippen LogP contribution is 2.28. The minimum atomic E-state index is -0.587. The first kappa shape index (κ1) is 26.3. The van der Waals surface area contributed by atoms with E-state index in [0.717, 1.165) is 18.9 Å². The highest BCUT2D eigenvalue weighted by Gasteiger charge is 2.29. The van der Waals surface area contributed by atoms with Crippen LogP contribution >= 0.6 is 36.4 Å². The van der Waals surface area contributed by atoms with Crippen LogP contribution in [0, 0.1) is 11.8 Å². The molecule has 1 aromatic carbocycles. The van der Waals surface area contributed by atoms with Gasteiger partial charge in [0.05, 0.1) is 0 Å². The predicted octanol–water partition coefficient (Wildman–Crippen LogP) is 4.41. The highest BCUT2D eigenvalue weighted by molar-refractivity contribution is 6.19. The number of nitrogens with two attached hydrogens (primary N) is 1. The third-order valence-corrected chi connectivity index (χ3v) is 6.22. The van der Waals surface area contributed by atoms with Gasteiger partial charge in [-0.05, 0) is 74.9 Å². The Balaban J connectivity index is 0.00000210. The predicted molar refractivity (Wildman–Crippen MR) is 123 cm³/mol. The molecule has 8 heteroatoms. The van der Waals surface area contributed by atoms with Gasteiger partial charge in [0, 0.05) is 18.2 Å². The molecular formula is C21H34Cl3N3O2. The van der Waals surface area contributed by atoms with Crippen molar-refractivity contribution in [3.63, 3.8) is 0 Å². The van der Waals surface area contributed by atoms with E-state index in [0.29, 0.717) is 23.3 Å². The van der Waals surface area contributed by atoms with Crippen molar-refractivity contribution in [3.8, 4) is 5.75 Å². The van der Waals surface area contributed by atoms with Gasteiger partial charge in [0.15, 0.2) is 0 Å². The summed E-state index contributed by atoms with van der Waals surface area (Å²) in [7, 11) is 0. The molecule has 5 nitrogen and oxygen atoms in total. The van der Waals surface area contributed by atoms with E-state index in [2.05, 4.69) is 17.1 Å². The lowest BCUT2D eigenvalue weighted by Gasteiger charge is -2.39. The summed E-state index contributed by atoms with van der Waals surface area (Å²) in [5.74, 6) is 1.67. The molecule has 1 aliphatic carbocycles. The van der Waals surface area contributed by atoms with Gasteiger partial charge in [-0.25, -0.2) is 0 Å². The average Bonchev–Trinajstić information content (AvgIpc) is 2.65. The van der Waals surface area contributed by atoms with Gasteiger partial charge in [0.2, 0.25) is 11.6 Å². The van der Waals surface area contributed by atoms with Crippen molar-refractivity contribution < 1.29 is 9.53 Å². The minimum absolute atomic E-state index is 0. The summed E-state index contributed by atoms with van der Waals surface area (Å²) in [6.07, 6.45) is 7.56. The standard InChI is InChI=1S/C21H32ClN3O2.2ClH/c1-15-10-12-25(13-11-15)14-17-4-2-3-5-19(17)24-21(22)27-18-8-6-16(7-9-18)20(23)26;;/h6-9,15,17,19,21,24H,2-5,10-14H2,1H3,(H2,23,26);2*1H. The fourth-order valence-electron chi connectivity index (χ4n) is 4.24. The van der Waals surface area contributed by atoms with E-state index in [4.69, 9.17) is 22.1 Å². The summed E-state index contributed by atoms with van der Waals surface area (Å²) in [5, 5.41) is 3.48. The van der Waals surface area contributed by atoms with Gasteiger partial charge in [0.1, 0.15) is 5.75 Å². The molecule has 0 aromatic heterocycles. The molecule has 166 valence electrons. The quantitative estimate of drug-likeness (QED) is 0.355. The first-order valence-corrected chi connectivity index (χ1v) is 10.6. The molecule has 3 rings (SSSR count). The number of nitrogens with one attached hydrogen (secondary N) is 1. The molecule has 1 amide bonds. The number of carbonyl (C=O) groups is 1. The molecule has 3 N–H and O–H groups in total. The molecule has 0 bridgehead atoms. The van der Waals surface area contributed by atoms with Gasteiger partial charge in [-0.2, -0.15) is 0 Å². The van der Waals surface area contributed by atoms with Gasteiger partial charge >= 0.3 is 0 Å². The molecule has 0 radical (unpaired) electrons. The second kappa shape index (κ2) is 12.9. The van der Waals surface area contributed by atoms with Crippen molar-refractivity contribution in [2.45, 2.75) is 57.2 Å². The van der Waals surface area contributed by atoms with E-state index in [1.54, 1.807) is 24.3 Å². The van der Waals surface area contributed by atoms with Crippen molar-refractivity contribution in [2.75, 3.05) is 19.6 Å². The molecule has 3 unspecified atom stereocenters. The number of alkyl halides is 1. The van der Waals surface area contributed by atoms with Gasteiger partial charge in [0.25, 0.3) is 0 Å². The monoisotopic (exact) mass is 465 g/mol. The third-order valence-electron chi connectivity index (χ3n) is 6.00. The molecule has 2 fully saturated rings. The van der Waals surface area contributed by atoms with Crippen LogP contribution in [0.5, 0.6) is 5.75 Å². The van der Waals surface area contributed by atoms with Gasteiger partial charge in [-0.15, -0.1) is 24.8 Å². The fourth-order valence-corrected chi connectivity index (χ4v) is 4.51. The Labute approximate surface area is 191 Å². The van der Waals surface area contributed by atoms with Crippen molar-refractivity contribution in [1.82, 2.24) is 10.2 Å². The topological polar surface area (TPSA) is 67.6 Å². The number of nitrogens with zero attached hydrogens (tertiary/aromatic N) is 1. The first-order valence-electron chi connectivity index (χ1n) is 10.2. The van der Waals surface area contributed by atoms with Gasteiger partial charge in [-0.3, -0.25) is 10.1 Å². The second-order valence-corrected chi connectivity index (χ2v) is 8.52. The molecule has 1 aromatic rings. The first-order chi connectivity index (χ1) is 13.0. The summed E-state index contributed by atoms with van der Waals surface area (Å²) >= 11 is 6.44. The van der Waals surface area contributed by atoms with E-state index in [9.17, 15) is 4.79 Å². The molecule has 3 atom stereocenters. The lowest BCUT2D eigenvalue weighted by Crippen LogP contribution is -2.49. The molecule has 2 aliphatic rings.